The van der Waals surface area contributed by atoms with E-state index in [2.05, 4.69) is 47.8 Å². The van der Waals surface area contributed by atoms with Gasteiger partial charge >= 0.3 is 0 Å². The molecule has 0 bridgehead atoms. The maximum atomic E-state index is 4.47. The van der Waals surface area contributed by atoms with E-state index < -0.39 is 0 Å². The number of nitrogens with zero attached hydrogens (tertiary/aromatic N) is 2. The highest BCUT2D eigenvalue weighted by Crippen LogP contribution is 2.27. The minimum atomic E-state index is 0.144. The maximum absolute atomic E-state index is 4.47. The summed E-state index contributed by atoms with van der Waals surface area (Å²) < 4.78 is 2.07. The second-order valence-corrected chi connectivity index (χ2v) is 4.93. The first-order valence-electron chi connectivity index (χ1n) is 6.26. The van der Waals surface area contributed by atoms with Crippen LogP contribution in [0.5, 0.6) is 0 Å². The Morgan fingerprint density at radius 2 is 1.78 bits per heavy atom. The van der Waals surface area contributed by atoms with E-state index in [0.717, 1.165) is 5.82 Å². The molecule has 1 N–H and O–H groups in total. The van der Waals surface area contributed by atoms with Crippen molar-refractivity contribution in [3.05, 3.63) is 52.6 Å². The van der Waals surface area contributed by atoms with Crippen LogP contribution in [0.3, 0.4) is 0 Å². The molecule has 2 rings (SSSR count). The first kappa shape index (κ1) is 12.8. The minimum absolute atomic E-state index is 0.144. The largest absolute Gasteiger partial charge is 0.336 e. The molecule has 0 spiro atoms. The Morgan fingerprint density at radius 3 is 2.22 bits per heavy atom. The molecule has 0 aliphatic carbocycles. The van der Waals surface area contributed by atoms with Crippen molar-refractivity contribution in [3.63, 3.8) is 0 Å². The lowest BCUT2D eigenvalue weighted by Gasteiger charge is -2.21. The van der Waals surface area contributed by atoms with Crippen LogP contribution in [-0.2, 0) is 7.05 Å². The lowest BCUT2D eigenvalue weighted by atomic mass is 9.93. The van der Waals surface area contributed by atoms with Crippen molar-refractivity contribution in [3.8, 4) is 0 Å². The molecule has 0 radical (unpaired) electrons. The van der Waals surface area contributed by atoms with Gasteiger partial charge in [0.2, 0.25) is 0 Å². The minimum Gasteiger partial charge on any atom is -0.336 e. The normalized spacial score (nSPS) is 12.7. The fraction of sp³-hybridized carbons (Fsp3) is 0.400. The zero-order valence-corrected chi connectivity index (χ0v) is 11.8. The van der Waals surface area contributed by atoms with Crippen LogP contribution in [0.25, 0.3) is 0 Å². The van der Waals surface area contributed by atoms with Gasteiger partial charge in [0.1, 0.15) is 5.82 Å². The molecule has 3 heteroatoms. The summed E-state index contributed by atoms with van der Waals surface area (Å²) in [6.07, 6.45) is 3.83. The Balaban J connectivity index is 2.56. The summed E-state index contributed by atoms with van der Waals surface area (Å²) in [5.41, 5.74) is 5.27. The third-order valence-corrected chi connectivity index (χ3v) is 3.43. The lowest BCUT2D eigenvalue weighted by molar-refractivity contribution is 0.611. The molecule has 1 aromatic heterocycles. The first-order valence-corrected chi connectivity index (χ1v) is 6.26. The smallest absolute Gasteiger partial charge is 0.130 e. The molecular formula is C15H21N3. The van der Waals surface area contributed by atoms with Crippen molar-refractivity contribution in [2.24, 2.45) is 7.05 Å². The lowest BCUT2D eigenvalue weighted by Crippen LogP contribution is -2.23. The van der Waals surface area contributed by atoms with E-state index in [1.807, 2.05) is 26.5 Å². The van der Waals surface area contributed by atoms with Crippen molar-refractivity contribution in [2.75, 3.05) is 7.05 Å². The van der Waals surface area contributed by atoms with Gasteiger partial charge in [0, 0.05) is 19.4 Å². The zero-order valence-electron chi connectivity index (χ0n) is 11.8. The van der Waals surface area contributed by atoms with Crippen LogP contribution in [0.1, 0.15) is 34.1 Å². The van der Waals surface area contributed by atoms with Crippen LogP contribution in [0.4, 0.5) is 0 Å². The summed E-state index contributed by atoms with van der Waals surface area (Å²) in [6, 6.07) is 4.61. The van der Waals surface area contributed by atoms with Crippen LogP contribution in [0.2, 0.25) is 0 Å². The molecule has 2 aromatic rings. The molecule has 1 unspecified atom stereocenters. The summed E-state index contributed by atoms with van der Waals surface area (Å²) in [7, 11) is 4.02. The number of aromatic nitrogens is 2. The molecule has 18 heavy (non-hydrogen) atoms. The molecular weight excluding hydrogens is 222 g/mol. The van der Waals surface area contributed by atoms with Gasteiger partial charge in [-0.3, -0.25) is 0 Å². The Bertz CT molecular complexity index is 532. The molecule has 0 aliphatic heterocycles. The number of benzene rings is 1. The number of hydrogen-bond donors (Lipinski definition) is 1. The van der Waals surface area contributed by atoms with Gasteiger partial charge in [-0.25, -0.2) is 4.98 Å². The van der Waals surface area contributed by atoms with Crippen LogP contribution in [0, 0.1) is 20.8 Å². The molecule has 1 aromatic carbocycles. The van der Waals surface area contributed by atoms with E-state index in [9.17, 15) is 0 Å². The van der Waals surface area contributed by atoms with E-state index in [4.69, 9.17) is 0 Å². The molecule has 0 saturated heterocycles. The molecule has 0 fully saturated rings. The van der Waals surface area contributed by atoms with Gasteiger partial charge in [-0.15, -0.1) is 0 Å². The fourth-order valence-corrected chi connectivity index (χ4v) is 2.70. The third-order valence-electron chi connectivity index (χ3n) is 3.43. The SMILES string of the molecule is CNC(c1c(C)cc(C)cc1C)c1nccn1C. The summed E-state index contributed by atoms with van der Waals surface area (Å²) in [5, 5.41) is 3.38. The van der Waals surface area contributed by atoms with Crippen LogP contribution >= 0.6 is 0 Å². The monoisotopic (exact) mass is 243 g/mol. The number of aryl methyl sites for hydroxylation is 4. The van der Waals surface area contributed by atoms with Crippen LogP contribution in [-0.4, -0.2) is 16.6 Å². The topological polar surface area (TPSA) is 29.9 Å². The maximum Gasteiger partial charge on any atom is 0.130 e. The van der Waals surface area contributed by atoms with Gasteiger partial charge in [0.25, 0.3) is 0 Å². The van der Waals surface area contributed by atoms with Crippen molar-refractivity contribution in [2.45, 2.75) is 26.8 Å². The Morgan fingerprint density at radius 1 is 1.17 bits per heavy atom. The van der Waals surface area contributed by atoms with Crippen molar-refractivity contribution >= 4 is 0 Å². The van der Waals surface area contributed by atoms with Crippen molar-refractivity contribution in [1.82, 2.24) is 14.9 Å². The van der Waals surface area contributed by atoms with Crippen molar-refractivity contribution < 1.29 is 0 Å². The van der Waals surface area contributed by atoms with Gasteiger partial charge in [-0.1, -0.05) is 17.7 Å². The van der Waals surface area contributed by atoms with Crippen LogP contribution < -0.4 is 5.32 Å². The second-order valence-electron chi connectivity index (χ2n) is 4.93. The highest BCUT2D eigenvalue weighted by atomic mass is 15.1. The number of hydrogen-bond acceptors (Lipinski definition) is 2. The molecule has 1 atom stereocenters. The van der Waals surface area contributed by atoms with E-state index in [1.54, 1.807) is 0 Å². The summed E-state index contributed by atoms with van der Waals surface area (Å²) in [5.74, 6) is 1.05. The van der Waals surface area contributed by atoms with E-state index in [0.29, 0.717) is 0 Å². The molecule has 3 nitrogen and oxygen atoms in total. The van der Waals surface area contributed by atoms with E-state index >= 15 is 0 Å². The van der Waals surface area contributed by atoms with Gasteiger partial charge in [-0.2, -0.15) is 0 Å². The Hall–Kier alpha value is -1.61. The van der Waals surface area contributed by atoms with Gasteiger partial charge in [-0.05, 0) is 44.5 Å². The number of nitrogens with one attached hydrogen (secondary N) is 1. The van der Waals surface area contributed by atoms with Crippen molar-refractivity contribution in [1.29, 1.82) is 0 Å². The van der Waals surface area contributed by atoms with E-state index in [1.165, 1.54) is 22.3 Å². The third kappa shape index (κ3) is 2.18. The highest BCUT2D eigenvalue weighted by Gasteiger charge is 2.20. The predicted molar refractivity (Wildman–Crippen MR) is 74.8 cm³/mol. The molecule has 96 valence electrons. The number of rotatable bonds is 3. The quantitative estimate of drug-likeness (QED) is 0.898. The van der Waals surface area contributed by atoms with E-state index in [-0.39, 0.29) is 6.04 Å². The van der Waals surface area contributed by atoms with Gasteiger partial charge < -0.3 is 9.88 Å². The Kier molecular flexibility index (Phi) is 3.53. The zero-order chi connectivity index (χ0) is 13.3. The van der Waals surface area contributed by atoms with Gasteiger partial charge in [0.05, 0.1) is 6.04 Å². The second kappa shape index (κ2) is 4.94. The average molecular weight is 243 g/mol. The highest BCUT2D eigenvalue weighted by molar-refractivity contribution is 5.42. The molecule has 1 heterocycles. The first-order chi connectivity index (χ1) is 8.54. The standard InChI is InChI=1S/C15H21N3/c1-10-8-11(2)13(12(3)9-10)14(16-4)15-17-6-7-18(15)5/h6-9,14,16H,1-5H3. The number of imidazole rings is 1. The van der Waals surface area contributed by atoms with Gasteiger partial charge in [0.15, 0.2) is 0 Å². The average Bonchev–Trinajstić information content (AvgIpc) is 2.69. The summed E-state index contributed by atoms with van der Waals surface area (Å²) >= 11 is 0. The molecule has 0 saturated carbocycles. The molecule has 0 amide bonds. The summed E-state index contributed by atoms with van der Waals surface area (Å²) in [4.78, 5) is 4.47. The Labute approximate surface area is 109 Å². The summed E-state index contributed by atoms with van der Waals surface area (Å²) in [6.45, 7) is 6.48. The van der Waals surface area contributed by atoms with Crippen LogP contribution in [0.15, 0.2) is 24.5 Å². The fourth-order valence-electron chi connectivity index (χ4n) is 2.70. The predicted octanol–water partition coefficient (Wildman–Crippen LogP) is 2.65. The molecule has 0 aliphatic rings.